The average Bonchev–Trinajstić information content (AvgIpc) is 3.08. The number of carbonyl (C=O) groups excluding carboxylic acids is 2. The van der Waals surface area contributed by atoms with Gasteiger partial charge in [0, 0.05) is 36.8 Å². The van der Waals surface area contributed by atoms with E-state index < -0.39 is 0 Å². The molecule has 1 unspecified atom stereocenters. The lowest BCUT2D eigenvalue weighted by atomic mass is 10.1. The van der Waals surface area contributed by atoms with Gasteiger partial charge in [-0.05, 0) is 37.6 Å². The molecule has 2 amide bonds. The van der Waals surface area contributed by atoms with Crippen molar-refractivity contribution in [1.82, 2.24) is 10.2 Å². The molecule has 1 aromatic carbocycles. The van der Waals surface area contributed by atoms with Crippen molar-refractivity contribution in [3.63, 3.8) is 0 Å². The molecule has 124 valence electrons. The molecule has 2 heterocycles. The second-order valence-corrected chi connectivity index (χ2v) is 6.03. The van der Waals surface area contributed by atoms with Gasteiger partial charge in [-0.3, -0.25) is 9.59 Å². The Labute approximate surface area is 136 Å². The van der Waals surface area contributed by atoms with Crippen LogP contribution in [0.1, 0.15) is 29.6 Å². The third-order valence-electron chi connectivity index (χ3n) is 4.29. The van der Waals surface area contributed by atoms with Gasteiger partial charge in [-0.1, -0.05) is 6.07 Å². The van der Waals surface area contributed by atoms with Crippen LogP contribution in [0, 0.1) is 0 Å². The van der Waals surface area contributed by atoms with E-state index >= 15 is 0 Å². The van der Waals surface area contributed by atoms with Crippen LogP contribution in [0.25, 0.3) is 0 Å². The van der Waals surface area contributed by atoms with E-state index in [1.807, 2.05) is 6.07 Å². The van der Waals surface area contributed by atoms with Gasteiger partial charge < -0.3 is 20.3 Å². The zero-order valence-electron chi connectivity index (χ0n) is 13.2. The molecule has 2 aliphatic heterocycles. The summed E-state index contributed by atoms with van der Waals surface area (Å²) in [5.41, 5.74) is 1.27. The number of ether oxygens (including phenoxy) is 1. The van der Waals surface area contributed by atoms with Crippen LogP contribution in [0.5, 0.6) is 0 Å². The van der Waals surface area contributed by atoms with Gasteiger partial charge >= 0.3 is 0 Å². The largest absolute Gasteiger partial charge is 0.378 e. The third kappa shape index (κ3) is 4.30. The number of hydrogen-bond acceptors (Lipinski definition) is 4. The Bertz CT molecular complexity index is 564. The van der Waals surface area contributed by atoms with Gasteiger partial charge in [0.2, 0.25) is 5.91 Å². The fourth-order valence-corrected chi connectivity index (χ4v) is 3.05. The maximum absolute atomic E-state index is 12.5. The van der Waals surface area contributed by atoms with Crippen LogP contribution in [-0.2, 0) is 9.53 Å². The van der Waals surface area contributed by atoms with Crippen molar-refractivity contribution in [3.05, 3.63) is 29.8 Å². The number of anilines is 1. The molecule has 0 bridgehead atoms. The number of morpholine rings is 1. The van der Waals surface area contributed by atoms with Gasteiger partial charge in [-0.15, -0.1) is 0 Å². The Morgan fingerprint density at radius 2 is 2.13 bits per heavy atom. The molecule has 6 heteroatoms. The van der Waals surface area contributed by atoms with Crippen molar-refractivity contribution in [2.75, 3.05) is 38.2 Å². The molecule has 2 N–H and O–H groups in total. The number of amides is 2. The standard InChI is InChI=1S/C17H23N3O3/c21-16(12-14-5-2-6-18-14)19-15-4-1-3-13(11-15)17(22)20-7-9-23-10-8-20/h1,3-4,11,14,18H,2,5-10,12H2,(H,19,21). The summed E-state index contributed by atoms with van der Waals surface area (Å²) in [5.74, 6) is -0.0257. The van der Waals surface area contributed by atoms with Crippen molar-refractivity contribution in [1.29, 1.82) is 0 Å². The van der Waals surface area contributed by atoms with E-state index in [1.165, 1.54) is 0 Å². The predicted octanol–water partition coefficient (Wildman–Crippen LogP) is 1.24. The molecule has 6 nitrogen and oxygen atoms in total. The minimum Gasteiger partial charge on any atom is -0.378 e. The highest BCUT2D eigenvalue weighted by Gasteiger charge is 2.20. The molecule has 3 rings (SSSR count). The first-order valence-electron chi connectivity index (χ1n) is 8.23. The normalized spacial score (nSPS) is 21.2. The first-order chi connectivity index (χ1) is 11.2. The molecule has 1 aromatic rings. The molecular formula is C17H23N3O3. The molecule has 0 saturated carbocycles. The Hall–Kier alpha value is -1.92. The van der Waals surface area contributed by atoms with Crippen molar-refractivity contribution >= 4 is 17.5 Å². The monoisotopic (exact) mass is 317 g/mol. The average molecular weight is 317 g/mol. The summed E-state index contributed by atoms with van der Waals surface area (Å²) in [6.07, 6.45) is 2.64. The maximum Gasteiger partial charge on any atom is 0.254 e. The van der Waals surface area contributed by atoms with E-state index in [0.717, 1.165) is 19.4 Å². The first kappa shape index (κ1) is 16.0. The topological polar surface area (TPSA) is 70.7 Å². The molecule has 23 heavy (non-hydrogen) atoms. The second kappa shape index (κ2) is 7.57. The predicted molar refractivity (Wildman–Crippen MR) is 87.4 cm³/mol. The minimum absolute atomic E-state index is 0.0122. The minimum atomic E-state index is -0.0135. The second-order valence-electron chi connectivity index (χ2n) is 6.03. The Morgan fingerprint density at radius 3 is 2.87 bits per heavy atom. The zero-order chi connectivity index (χ0) is 16.1. The molecule has 0 aromatic heterocycles. The molecule has 0 aliphatic carbocycles. The number of carbonyl (C=O) groups is 2. The first-order valence-corrected chi connectivity index (χ1v) is 8.23. The Morgan fingerprint density at radius 1 is 1.30 bits per heavy atom. The summed E-state index contributed by atoms with van der Waals surface area (Å²) >= 11 is 0. The highest BCUT2D eigenvalue weighted by atomic mass is 16.5. The lowest BCUT2D eigenvalue weighted by Gasteiger charge is -2.27. The molecule has 2 saturated heterocycles. The summed E-state index contributed by atoms with van der Waals surface area (Å²) in [4.78, 5) is 26.3. The fraction of sp³-hybridized carbons (Fsp3) is 0.529. The highest BCUT2D eigenvalue weighted by Crippen LogP contribution is 2.15. The molecule has 2 aliphatic rings. The summed E-state index contributed by atoms with van der Waals surface area (Å²) in [5, 5.41) is 6.21. The van der Waals surface area contributed by atoms with E-state index in [4.69, 9.17) is 4.74 Å². The van der Waals surface area contributed by atoms with Gasteiger partial charge in [-0.25, -0.2) is 0 Å². The molecular weight excluding hydrogens is 294 g/mol. The number of nitrogens with one attached hydrogen (secondary N) is 2. The van der Waals surface area contributed by atoms with Crippen LogP contribution in [0.15, 0.2) is 24.3 Å². The molecule has 2 fully saturated rings. The highest BCUT2D eigenvalue weighted by molar-refractivity contribution is 5.97. The lowest BCUT2D eigenvalue weighted by molar-refractivity contribution is -0.116. The van der Waals surface area contributed by atoms with E-state index in [9.17, 15) is 9.59 Å². The quantitative estimate of drug-likeness (QED) is 0.876. The Kier molecular flexibility index (Phi) is 5.25. The summed E-state index contributed by atoms with van der Waals surface area (Å²) in [6.45, 7) is 3.38. The van der Waals surface area contributed by atoms with Crippen molar-refractivity contribution < 1.29 is 14.3 Å². The maximum atomic E-state index is 12.5. The summed E-state index contributed by atoms with van der Waals surface area (Å²) < 4.78 is 5.27. The van der Waals surface area contributed by atoms with Gasteiger partial charge in [0.05, 0.1) is 13.2 Å². The van der Waals surface area contributed by atoms with Crippen molar-refractivity contribution in [3.8, 4) is 0 Å². The van der Waals surface area contributed by atoms with Crippen LogP contribution in [-0.4, -0.2) is 55.6 Å². The van der Waals surface area contributed by atoms with Gasteiger partial charge in [-0.2, -0.15) is 0 Å². The molecule has 0 spiro atoms. The number of benzene rings is 1. The summed E-state index contributed by atoms with van der Waals surface area (Å²) in [6, 6.07) is 7.42. The van der Waals surface area contributed by atoms with Gasteiger partial charge in [0.1, 0.15) is 0 Å². The number of nitrogens with zero attached hydrogens (tertiary/aromatic N) is 1. The molecule has 1 atom stereocenters. The number of hydrogen-bond donors (Lipinski definition) is 2. The van der Waals surface area contributed by atoms with Crippen LogP contribution < -0.4 is 10.6 Å². The van der Waals surface area contributed by atoms with Gasteiger partial charge in [0.15, 0.2) is 0 Å². The summed E-state index contributed by atoms with van der Waals surface area (Å²) in [7, 11) is 0. The SMILES string of the molecule is O=C(CC1CCCN1)Nc1cccc(C(=O)N2CCOCC2)c1. The van der Waals surface area contributed by atoms with Crippen molar-refractivity contribution in [2.45, 2.75) is 25.3 Å². The van der Waals surface area contributed by atoms with Crippen LogP contribution in [0.3, 0.4) is 0 Å². The smallest absolute Gasteiger partial charge is 0.254 e. The van der Waals surface area contributed by atoms with Gasteiger partial charge in [0.25, 0.3) is 5.91 Å². The van der Waals surface area contributed by atoms with E-state index in [2.05, 4.69) is 10.6 Å². The van der Waals surface area contributed by atoms with E-state index in [0.29, 0.717) is 44.0 Å². The number of rotatable bonds is 4. The van der Waals surface area contributed by atoms with Crippen LogP contribution in [0.4, 0.5) is 5.69 Å². The van der Waals surface area contributed by atoms with Crippen LogP contribution >= 0.6 is 0 Å². The third-order valence-corrected chi connectivity index (χ3v) is 4.29. The zero-order valence-corrected chi connectivity index (χ0v) is 13.2. The Balaban J connectivity index is 1.60. The molecule has 0 radical (unpaired) electrons. The van der Waals surface area contributed by atoms with E-state index in [-0.39, 0.29) is 17.9 Å². The fourth-order valence-electron chi connectivity index (χ4n) is 3.05. The van der Waals surface area contributed by atoms with Crippen LogP contribution in [0.2, 0.25) is 0 Å². The lowest BCUT2D eigenvalue weighted by Crippen LogP contribution is -2.40. The van der Waals surface area contributed by atoms with Crippen molar-refractivity contribution in [2.24, 2.45) is 0 Å². The van der Waals surface area contributed by atoms with E-state index in [1.54, 1.807) is 23.1 Å².